The van der Waals surface area contributed by atoms with E-state index in [-0.39, 0.29) is 17.4 Å². The third kappa shape index (κ3) is 4.67. The normalized spacial score (nSPS) is 17.4. The Bertz CT molecular complexity index is 1210. The molecule has 2 saturated heterocycles. The topological polar surface area (TPSA) is 79.7 Å². The van der Waals surface area contributed by atoms with E-state index >= 15 is 0 Å². The van der Waals surface area contributed by atoms with E-state index in [0.717, 1.165) is 38.2 Å². The first kappa shape index (κ1) is 22.9. The number of ether oxygens (including phenoxy) is 1. The van der Waals surface area contributed by atoms with Gasteiger partial charge in [-0.1, -0.05) is 6.07 Å². The summed E-state index contributed by atoms with van der Waals surface area (Å²) >= 11 is 1.41. The molecule has 2 aromatic heterocycles. The number of carbonyl (C=O) groups excluding carboxylic acids is 1. The zero-order valence-corrected chi connectivity index (χ0v) is 20.4. The second-order valence-corrected chi connectivity index (χ2v) is 9.91. The number of hydrogen-bond donors (Lipinski definition) is 1. The number of piperidine rings is 1. The number of amides is 1. The fourth-order valence-electron chi connectivity index (χ4n) is 4.92. The molecule has 0 spiro atoms. The Hall–Kier alpha value is -2.91. The van der Waals surface area contributed by atoms with Gasteiger partial charge in [0.1, 0.15) is 10.4 Å². The summed E-state index contributed by atoms with van der Waals surface area (Å²) < 4.78 is 7.70. The molecule has 0 saturated carbocycles. The van der Waals surface area contributed by atoms with Crippen molar-refractivity contribution >= 4 is 33.4 Å². The molecule has 0 radical (unpaired) electrons. The van der Waals surface area contributed by atoms with Crippen LogP contribution in [0.4, 0.5) is 5.95 Å². The molecule has 1 aromatic carbocycles. The highest BCUT2D eigenvalue weighted by molar-refractivity contribution is 7.17. The van der Waals surface area contributed by atoms with Crippen molar-refractivity contribution in [3.63, 3.8) is 0 Å². The van der Waals surface area contributed by atoms with E-state index in [1.807, 2.05) is 35.7 Å². The minimum Gasteiger partial charge on any atom is -0.497 e. The number of benzene rings is 1. The molecule has 1 N–H and O–H groups in total. The average molecular weight is 482 g/mol. The molecule has 8 nitrogen and oxygen atoms in total. The van der Waals surface area contributed by atoms with Crippen molar-refractivity contribution in [3.8, 4) is 11.4 Å². The van der Waals surface area contributed by atoms with Crippen LogP contribution in [-0.4, -0.2) is 66.7 Å². The van der Waals surface area contributed by atoms with E-state index in [0.29, 0.717) is 41.5 Å². The number of anilines is 1. The molecule has 4 heterocycles. The summed E-state index contributed by atoms with van der Waals surface area (Å²) in [5.41, 5.74) is 1.36. The van der Waals surface area contributed by atoms with Crippen molar-refractivity contribution in [2.75, 3.05) is 51.3 Å². The second kappa shape index (κ2) is 10.1. The number of carbonyl (C=O) groups is 1. The van der Waals surface area contributed by atoms with Gasteiger partial charge in [-0.2, -0.15) is 0 Å². The van der Waals surface area contributed by atoms with Gasteiger partial charge < -0.3 is 19.9 Å². The van der Waals surface area contributed by atoms with Crippen molar-refractivity contribution in [1.29, 1.82) is 0 Å². The summed E-state index contributed by atoms with van der Waals surface area (Å²) in [5.74, 6) is 1.45. The van der Waals surface area contributed by atoms with Crippen LogP contribution in [0.3, 0.4) is 0 Å². The average Bonchev–Trinajstić information content (AvgIpc) is 3.56. The molecular formula is C25H31N5O3S. The van der Waals surface area contributed by atoms with E-state index < -0.39 is 0 Å². The smallest absolute Gasteiger partial charge is 0.277 e. The van der Waals surface area contributed by atoms with E-state index in [2.05, 4.69) is 15.1 Å². The Morgan fingerprint density at radius 2 is 1.97 bits per heavy atom. The molecule has 1 amide bonds. The van der Waals surface area contributed by atoms with Gasteiger partial charge >= 0.3 is 0 Å². The van der Waals surface area contributed by atoms with Crippen LogP contribution < -0.4 is 20.5 Å². The Morgan fingerprint density at radius 1 is 1.18 bits per heavy atom. The van der Waals surface area contributed by atoms with E-state index in [9.17, 15) is 9.59 Å². The van der Waals surface area contributed by atoms with Crippen molar-refractivity contribution in [3.05, 3.63) is 46.1 Å². The number of nitrogens with one attached hydrogen (secondary N) is 1. The molecule has 9 heteroatoms. The Balaban J connectivity index is 1.32. The van der Waals surface area contributed by atoms with Gasteiger partial charge in [0.25, 0.3) is 5.56 Å². The van der Waals surface area contributed by atoms with Gasteiger partial charge in [0.05, 0.1) is 18.3 Å². The number of methoxy groups -OCH3 is 1. The van der Waals surface area contributed by atoms with Gasteiger partial charge in [0.15, 0.2) is 0 Å². The predicted molar refractivity (Wildman–Crippen MR) is 135 cm³/mol. The van der Waals surface area contributed by atoms with Crippen LogP contribution in [0.25, 0.3) is 15.9 Å². The van der Waals surface area contributed by atoms with Gasteiger partial charge in [0.2, 0.25) is 11.9 Å². The molecule has 5 rings (SSSR count). The number of aromatic nitrogens is 2. The van der Waals surface area contributed by atoms with Crippen LogP contribution in [0.1, 0.15) is 25.7 Å². The molecule has 0 atom stereocenters. The monoisotopic (exact) mass is 481 g/mol. The highest BCUT2D eigenvalue weighted by atomic mass is 32.1. The number of likely N-dealkylation sites (tertiary alicyclic amines) is 1. The highest BCUT2D eigenvalue weighted by Gasteiger charge is 2.28. The molecule has 0 bridgehead atoms. The maximum atomic E-state index is 13.5. The van der Waals surface area contributed by atoms with E-state index in [1.54, 1.807) is 11.7 Å². The van der Waals surface area contributed by atoms with Gasteiger partial charge in [-0.15, -0.1) is 11.3 Å². The van der Waals surface area contributed by atoms with Crippen LogP contribution in [0.5, 0.6) is 5.75 Å². The lowest BCUT2D eigenvalue weighted by atomic mass is 9.96. The standard InChI is InChI=1S/C25H31N5O3S/c1-33-20-6-4-5-19(17-20)30-24(32)22-21(9-16-34-22)27-25(30)29-13-7-18(8-14-29)23(31)26-10-15-28-11-2-3-12-28/h4-6,9,16-18H,2-3,7-8,10-15H2,1H3,(H,26,31). The number of fused-ring (bicyclic) bond motifs is 1. The Kier molecular flexibility index (Phi) is 6.82. The van der Waals surface area contributed by atoms with E-state index in [1.165, 1.54) is 24.2 Å². The fraction of sp³-hybridized carbons (Fsp3) is 0.480. The van der Waals surface area contributed by atoms with Crippen molar-refractivity contribution < 1.29 is 9.53 Å². The largest absolute Gasteiger partial charge is 0.497 e. The molecule has 3 aromatic rings. The van der Waals surface area contributed by atoms with Gasteiger partial charge in [-0.25, -0.2) is 9.55 Å². The van der Waals surface area contributed by atoms with Crippen LogP contribution in [0, 0.1) is 5.92 Å². The van der Waals surface area contributed by atoms with Crippen LogP contribution in [0.2, 0.25) is 0 Å². The Morgan fingerprint density at radius 3 is 2.74 bits per heavy atom. The SMILES string of the molecule is COc1cccc(-n2c(N3CCC(C(=O)NCCN4CCCC4)CC3)nc3ccsc3c2=O)c1. The summed E-state index contributed by atoms with van der Waals surface area (Å²) in [5, 5.41) is 5.03. The minimum atomic E-state index is -0.0787. The van der Waals surface area contributed by atoms with Crippen LogP contribution in [-0.2, 0) is 4.79 Å². The quantitative estimate of drug-likeness (QED) is 0.559. The third-order valence-electron chi connectivity index (χ3n) is 6.85. The van der Waals surface area contributed by atoms with Crippen molar-refractivity contribution in [2.45, 2.75) is 25.7 Å². The van der Waals surface area contributed by atoms with Gasteiger partial charge in [-0.05, 0) is 62.4 Å². The lowest BCUT2D eigenvalue weighted by molar-refractivity contribution is -0.125. The second-order valence-electron chi connectivity index (χ2n) is 8.99. The number of hydrogen-bond acceptors (Lipinski definition) is 7. The van der Waals surface area contributed by atoms with Crippen LogP contribution >= 0.6 is 11.3 Å². The number of nitrogens with zero attached hydrogens (tertiary/aromatic N) is 4. The van der Waals surface area contributed by atoms with E-state index in [4.69, 9.17) is 9.72 Å². The maximum Gasteiger partial charge on any atom is 0.277 e. The molecule has 180 valence electrons. The summed E-state index contributed by atoms with van der Waals surface area (Å²) in [6.45, 7) is 5.29. The summed E-state index contributed by atoms with van der Waals surface area (Å²) in [6.07, 6.45) is 4.01. The minimum absolute atomic E-state index is 0.00306. The van der Waals surface area contributed by atoms with Gasteiger partial charge in [-0.3, -0.25) is 9.59 Å². The molecule has 2 aliphatic rings. The first-order chi connectivity index (χ1) is 16.6. The summed E-state index contributed by atoms with van der Waals surface area (Å²) in [7, 11) is 1.62. The lowest BCUT2D eigenvalue weighted by Crippen LogP contribution is -2.44. The van der Waals surface area contributed by atoms with Crippen LogP contribution in [0.15, 0.2) is 40.5 Å². The first-order valence-electron chi connectivity index (χ1n) is 12.0. The highest BCUT2D eigenvalue weighted by Crippen LogP contribution is 2.27. The number of thiophene rings is 1. The predicted octanol–water partition coefficient (Wildman–Crippen LogP) is 2.88. The van der Waals surface area contributed by atoms with Gasteiger partial charge in [0, 0.05) is 38.2 Å². The first-order valence-corrected chi connectivity index (χ1v) is 12.9. The molecule has 2 aliphatic heterocycles. The third-order valence-corrected chi connectivity index (χ3v) is 7.74. The fourth-order valence-corrected chi connectivity index (χ4v) is 5.68. The zero-order valence-electron chi connectivity index (χ0n) is 19.5. The molecule has 0 unspecified atom stereocenters. The summed E-state index contributed by atoms with van der Waals surface area (Å²) in [6, 6.07) is 9.38. The van der Waals surface area contributed by atoms with Crippen molar-refractivity contribution in [2.24, 2.45) is 5.92 Å². The summed E-state index contributed by atoms with van der Waals surface area (Å²) in [4.78, 5) is 35.6. The molecule has 2 fully saturated rings. The molecule has 0 aliphatic carbocycles. The zero-order chi connectivity index (χ0) is 23.5. The molecular weight excluding hydrogens is 450 g/mol. The Labute approximate surface area is 203 Å². The maximum absolute atomic E-state index is 13.5. The number of rotatable bonds is 7. The molecule has 34 heavy (non-hydrogen) atoms. The lowest BCUT2D eigenvalue weighted by Gasteiger charge is -2.33. The van der Waals surface area contributed by atoms with Crippen molar-refractivity contribution in [1.82, 2.24) is 19.8 Å².